The van der Waals surface area contributed by atoms with Gasteiger partial charge in [0, 0.05) is 35.5 Å². The molecule has 21 N–H and O–H groups in total. The summed E-state index contributed by atoms with van der Waals surface area (Å²) >= 11 is -1.42. The monoisotopic (exact) mass is 1360 g/mol. The van der Waals surface area contributed by atoms with Crippen molar-refractivity contribution in [2.75, 3.05) is 55.2 Å². The molecule has 0 aromatic heterocycles. The zero-order valence-electron chi connectivity index (χ0n) is 25.0. The molecule has 0 unspecified atom stereocenters. The van der Waals surface area contributed by atoms with Gasteiger partial charge < -0.3 is 106 Å². The van der Waals surface area contributed by atoms with E-state index in [0.29, 0.717) is 0 Å². The Bertz CT molecular complexity index is 571. The van der Waals surface area contributed by atoms with Crippen LogP contribution in [0.25, 0.3) is 35.7 Å². The Morgan fingerprint density at radius 2 is 0.913 bits per heavy atom. The molecule has 2 saturated heterocycles. The van der Waals surface area contributed by atoms with Gasteiger partial charge in [0.15, 0.2) is 12.1 Å². The summed E-state index contributed by atoms with van der Waals surface area (Å²) in [6.45, 7) is -0.466. The predicted molar refractivity (Wildman–Crippen MR) is 172 cm³/mol. The molecular formula is C17H50Cl6N6O14Pt3. The maximum atomic E-state index is 8.08. The van der Waals surface area contributed by atoms with Crippen LogP contribution in [0.5, 0.6) is 0 Å². The molecule has 2 rings (SSSR count). The number of halogens is 6. The van der Waals surface area contributed by atoms with E-state index in [4.69, 9.17) is 112 Å². The largest absolute Gasteiger partial charge is 0.693 e. The Labute approximate surface area is 319 Å². The molecule has 0 radical (unpaired) electrons. The zero-order chi connectivity index (χ0) is 29.0. The van der Waals surface area contributed by atoms with Crippen LogP contribution in [0.4, 0.5) is 0 Å². The number of ether oxygens (including phenoxy) is 8. The molecule has 0 spiro atoms. The first kappa shape index (κ1) is 78.2. The Kier molecular flexibility index (Phi) is 81.6. The molecule has 0 bridgehead atoms. The van der Waals surface area contributed by atoms with E-state index in [-0.39, 0.29) is 70.9 Å². The summed E-state index contributed by atoms with van der Waals surface area (Å²) < 4.78 is 45.6. The third-order valence-electron chi connectivity index (χ3n) is 5.35. The second-order valence-corrected chi connectivity index (χ2v) is 16.7. The van der Waals surface area contributed by atoms with E-state index in [0.717, 1.165) is 0 Å². The van der Waals surface area contributed by atoms with Gasteiger partial charge in [0.25, 0.3) is 0 Å². The molecule has 29 heteroatoms. The van der Waals surface area contributed by atoms with E-state index in [2.05, 4.69) is 0 Å². The van der Waals surface area contributed by atoms with Crippen molar-refractivity contribution < 1.29 is 120 Å². The molecule has 0 saturated carbocycles. The van der Waals surface area contributed by atoms with Crippen LogP contribution in [0.3, 0.4) is 0 Å². The second kappa shape index (κ2) is 48.0. The number of nitrogens with one attached hydrogen (secondary N) is 3. The maximum absolute atomic E-state index is 8.08. The number of rotatable bonds is 10. The molecule has 2 aliphatic rings. The Balaban J connectivity index is -0.0000000681. The van der Waals surface area contributed by atoms with E-state index in [1.54, 1.807) is 0 Å². The predicted octanol–water partition coefficient (Wildman–Crippen LogP) is 2.39. The van der Waals surface area contributed by atoms with Gasteiger partial charge in [-0.15, -0.1) is 13.1 Å². The topological polar surface area (TPSA) is 435 Å². The van der Waals surface area contributed by atoms with E-state index < -0.39 is 104 Å². The van der Waals surface area contributed by atoms with Crippen LogP contribution in [0.15, 0.2) is 0 Å². The molecule has 304 valence electrons. The molecule has 0 aliphatic carbocycles. The number of hydrogen-bond acceptors (Lipinski definition) is 8. The van der Waals surface area contributed by atoms with Crippen molar-refractivity contribution in [3.63, 3.8) is 0 Å². The first-order valence-electron chi connectivity index (χ1n) is 9.81. The van der Waals surface area contributed by atoms with Gasteiger partial charge in [-0.05, 0) is 0 Å². The second-order valence-electron chi connectivity index (χ2n) is 6.81. The summed E-state index contributed by atoms with van der Waals surface area (Å²) in [6, 6.07) is 0. The Hall–Kier alpha value is 3.00. The Morgan fingerprint density at radius 3 is 1.17 bits per heavy atom. The summed E-state index contributed by atoms with van der Waals surface area (Å²) in [7, 11) is 36.8. The van der Waals surface area contributed by atoms with Crippen LogP contribution < -0.4 is 0 Å². The minimum atomic E-state index is -1.52. The van der Waals surface area contributed by atoms with Crippen molar-refractivity contribution in [2.45, 2.75) is 54.8 Å². The summed E-state index contributed by atoms with van der Waals surface area (Å²) in [5.41, 5.74) is 23.6. The number of methoxy groups -OCH3 is 5. The fourth-order valence-corrected chi connectivity index (χ4v) is 4.00. The molecule has 2 heterocycles. The van der Waals surface area contributed by atoms with E-state index >= 15 is 0 Å². The molecule has 0 aromatic carbocycles. The average Bonchev–Trinajstić information content (AvgIpc) is 3.21. The van der Waals surface area contributed by atoms with Crippen LogP contribution in [0.2, 0.25) is 0 Å². The van der Waals surface area contributed by atoms with Crippen molar-refractivity contribution in [1.29, 1.82) is 0 Å². The van der Waals surface area contributed by atoms with Crippen LogP contribution >= 0.6 is 56.5 Å². The third kappa shape index (κ3) is 24.3. The summed E-state index contributed by atoms with van der Waals surface area (Å²) in [5.74, 6) is -1.52. The number of hydrogen-bond donors (Lipinski definition) is 0. The molecule has 0 aromatic rings. The van der Waals surface area contributed by atoms with Crippen LogP contribution in [-0.2, 0) is 87.3 Å². The van der Waals surface area contributed by atoms with Crippen molar-refractivity contribution in [2.24, 2.45) is 0 Å². The van der Waals surface area contributed by atoms with Gasteiger partial charge in [0.2, 0.25) is 0 Å². The van der Waals surface area contributed by atoms with Gasteiger partial charge in [-0.25, -0.2) is 0 Å². The van der Waals surface area contributed by atoms with Gasteiger partial charge in [-0.3, -0.25) is 0 Å². The molecule has 9 atom stereocenters. The molecule has 0 amide bonds. The normalized spacial score (nSPS) is 28.3. The summed E-state index contributed by atoms with van der Waals surface area (Å²) in [6.07, 6.45) is -5.34. The molecular weight excluding hydrogens is 1310 g/mol. The van der Waals surface area contributed by atoms with Gasteiger partial charge in [0.05, 0.1) is 12.2 Å². The average molecular weight is 1360 g/mol. The summed E-state index contributed by atoms with van der Waals surface area (Å²) in [5, 5.41) is 0. The van der Waals surface area contributed by atoms with Crippen molar-refractivity contribution in [3.8, 4) is 0 Å². The smallest absolute Gasteiger partial charge is 0.693 e. The van der Waals surface area contributed by atoms with E-state index in [9.17, 15) is 0 Å². The van der Waals surface area contributed by atoms with Crippen molar-refractivity contribution >= 4 is 56.5 Å². The third-order valence-corrected chi connectivity index (χ3v) is 5.35. The first-order chi connectivity index (χ1) is 17.7. The zero-order valence-corrected chi connectivity index (χ0v) is 36.3. The quantitative estimate of drug-likeness (QED) is 0.312. The number of nitrogens with two attached hydrogens (primary N) is 3. The van der Waals surface area contributed by atoms with Crippen LogP contribution in [0.1, 0.15) is 0 Å². The SMILES string of the molecule is CO[C@@H]1[C@@H](OC)[C@@H](O[C@]2(C[NH-])O[C@H](C[NH-])[C@@H](OC)[C@@H]2OC)O[C@H](C[NH-])[C@H]1OC.O.O.O.O.O.O.[Cl][Pt+2][Cl].[Cl][Pt+2][Cl].[Cl][Pt+2][Cl].[NH2-].[NH2-].[NH2-]. The minimum absolute atomic E-state index is 0. The van der Waals surface area contributed by atoms with Gasteiger partial charge in [-0.2, -0.15) is 0 Å². The first-order valence-corrected chi connectivity index (χ1v) is 26.7. The standard InChI is InChI=1S/C17H32N3O8.6ClH.3H2N.6H2O.3Pt/c1-21-11-9(6-18)26-16(14(24-4)13(11)23-3)28-17(8-20)15(25-5)12(22-2)10(7-19)27-17;;;;;;;;;;;;;;;;;;/h9-16,18-20H,6-8H2,1-5H3;6*1H;9*1H2;;;/q-3;;;;;;;3*-1;;;;;;;3*+4/p-6/t9-,10-,11-,12-,13+,14-,15+,16-,17+;;;;;;;;;;;;;;;;;;/m1................../s1. The molecule has 46 heavy (non-hydrogen) atoms. The van der Waals surface area contributed by atoms with E-state index in [1.165, 1.54) is 35.5 Å². The fourth-order valence-electron chi connectivity index (χ4n) is 4.00. The molecule has 2 fully saturated rings. The van der Waals surface area contributed by atoms with Crippen molar-refractivity contribution in [1.82, 2.24) is 0 Å². The Morgan fingerprint density at radius 1 is 0.565 bits per heavy atom. The van der Waals surface area contributed by atoms with Gasteiger partial charge >= 0.3 is 106 Å². The van der Waals surface area contributed by atoms with Gasteiger partial charge in [-0.1, -0.05) is 6.54 Å². The van der Waals surface area contributed by atoms with Crippen LogP contribution in [-0.4, -0.2) is 143 Å². The molecule has 20 nitrogen and oxygen atoms in total. The van der Waals surface area contributed by atoms with E-state index in [1.807, 2.05) is 0 Å². The fraction of sp³-hybridized carbons (Fsp3) is 1.00. The summed E-state index contributed by atoms with van der Waals surface area (Å²) in [4.78, 5) is 0. The van der Waals surface area contributed by atoms with Crippen molar-refractivity contribution in [3.05, 3.63) is 35.7 Å². The van der Waals surface area contributed by atoms with Crippen LogP contribution in [0, 0.1) is 0 Å². The maximum Gasteiger partial charge on any atom is -0.693 e. The minimum Gasteiger partial charge on any atom is -0.693 e. The van der Waals surface area contributed by atoms with Gasteiger partial charge in [0.1, 0.15) is 30.5 Å². The molecule has 2 aliphatic heterocycles.